The summed E-state index contributed by atoms with van der Waals surface area (Å²) in [5.41, 5.74) is 0. The maximum atomic E-state index is 11.5. The van der Waals surface area contributed by atoms with Crippen molar-refractivity contribution in [3.63, 3.8) is 0 Å². The smallest absolute Gasteiger partial charge is 0.186 e. The summed E-state index contributed by atoms with van der Waals surface area (Å²) in [5, 5.41) is 11.5. The van der Waals surface area contributed by atoms with Gasteiger partial charge in [0.25, 0.3) is 0 Å². The van der Waals surface area contributed by atoms with Crippen LogP contribution in [0, 0.1) is 0 Å². The fraction of sp³-hybridized carbons (Fsp3) is 1.00. The Kier molecular flexibility index (Phi) is 16.7. The molecule has 0 unspecified atom stereocenters. The van der Waals surface area contributed by atoms with E-state index in [0.29, 0.717) is 6.61 Å². The van der Waals surface area contributed by atoms with Crippen LogP contribution < -0.4 is 0 Å². The molecule has 2 aliphatic rings. The van der Waals surface area contributed by atoms with Crippen LogP contribution in [-0.4, -0.2) is 138 Å². The number of aliphatic hydroxyl groups excluding tert-OH is 1. The molecule has 11 nitrogen and oxygen atoms in total. The van der Waals surface area contributed by atoms with Crippen LogP contribution in [0.4, 0.5) is 0 Å². The maximum absolute atomic E-state index is 11.5. The minimum atomic E-state index is -2.23. The molecule has 2 saturated heterocycles. The third kappa shape index (κ3) is 18.3. The van der Waals surface area contributed by atoms with Crippen molar-refractivity contribution in [1.82, 2.24) is 0 Å². The first-order valence-corrected chi connectivity index (χ1v) is 42.7. The summed E-state index contributed by atoms with van der Waals surface area (Å²) >= 11 is 0. The van der Waals surface area contributed by atoms with E-state index >= 15 is 0 Å². The second-order valence-electron chi connectivity index (χ2n) is 21.0. The highest BCUT2D eigenvalue weighted by Gasteiger charge is 2.56. The molecule has 0 radical (unpaired) electrons. The Bertz CT molecular complexity index is 1070. The Balaban J connectivity index is 2.83. The minimum absolute atomic E-state index is 0.229. The molecule has 2 heterocycles. The van der Waals surface area contributed by atoms with Gasteiger partial charge in [-0.15, -0.1) is 0 Å². The SMILES string of the molecule is C[Si](C)(C)OC[C@H]1O[C@@H](O)[C@H](O[Si](C)(C)C)[C@@H](O[Si](C)(C)C)[C@@H]1O[C@H]1O[C@H](CO[Si](C)(C)C)[C@@H](O[Si](C)(C)C)[C@H](O[Si](C)(C)C)[C@H]1O[Si](C)(C)C. The van der Waals surface area contributed by atoms with Gasteiger partial charge in [-0.3, -0.25) is 0 Å². The number of aliphatic hydroxyl groups is 1. The zero-order chi connectivity index (χ0) is 39.8. The van der Waals surface area contributed by atoms with Gasteiger partial charge in [0.15, 0.2) is 70.8 Å². The first-order chi connectivity index (χ1) is 22.5. The van der Waals surface area contributed by atoms with Crippen molar-refractivity contribution < 1.29 is 50.3 Å². The molecule has 2 fully saturated rings. The lowest BCUT2D eigenvalue weighted by atomic mass is 9.97. The van der Waals surface area contributed by atoms with Crippen molar-refractivity contribution in [2.24, 2.45) is 0 Å². The van der Waals surface area contributed by atoms with Gasteiger partial charge in [0.2, 0.25) is 0 Å². The molecule has 18 heteroatoms. The fourth-order valence-corrected chi connectivity index (χ4v) is 12.6. The molecule has 0 amide bonds. The summed E-state index contributed by atoms with van der Waals surface area (Å²) in [6, 6.07) is 0. The van der Waals surface area contributed by atoms with E-state index < -0.39 is 120 Å². The van der Waals surface area contributed by atoms with Gasteiger partial charge in [0, 0.05) is 0 Å². The van der Waals surface area contributed by atoms with Crippen LogP contribution >= 0.6 is 0 Å². The first kappa shape index (κ1) is 48.2. The average Bonchev–Trinajstić information content (AvgIpc) is 2.84. The lowest BCUT2D eigenvalue weighted by Gasteiger charge is -2.53. The molecule has 0 saturated carbocycles. The second kappa shape index (κ2) is 17.7. The van der Waals surface area contributed by atoms with Crippen molar-refractivity contribution in [1.29, 1.82) is 0 Å². The minimum Gasteiger partial charge on any atom is -0.415 e. The predicted molar refractivity (Wildman–Crippen MR) is 224 cm³/mol. The van der Waals surface area contributed by atoms with Crippen molar-refractivity contribution in [3.05, 3.63) is 0 Å². The van der Waals surface area contributed by atoms with Gasteiger partial charge in [0.05, 0.1) is 13.2 Å². The highest BCUT2D eigenvalue weighted by atomic mass is 28.4. The Hall–Kier alpha value is 1.08. The normalized spacial score (nSPS) is 32.4. The van der Waals surface area contributed by atoms with E-state index in [1.54, 1.807) is 0 Å². The van der Waals surface area contributed by atoms with Gasteiger partial charge in [0.1, 0.15) is 48.8 Å². The van der Waals surface area contributed by atoms with Crippen LogP contribution in [0.1, 0.15) is 0 Å². The second-order valence-corrected chi connectivity index (χ2v) is 52.4. The molecule has 0 aromatic rings. The summed E-state index contributed by atoms with van der Waals surface area (Å²) in [4.78, 5) is 0. The van der Waals surface area contributed by atoms with Crippen LogP contribution in [0.2, 0.25) is 137 Å². The van der Waals surface area contributed by atoms with Crippen molar-refractivity contribution in [3.8, 4) is 0 Å². The van der Waals surface area contributed by atoms with Gasteiger partial charge in [-0.2, -0.15) is 0 Å². The molecule has 1 N–H and O–H groups in total. The van der Waals surface area contributed by atoms with Crippen LogP contribution in [0.15, 0.2) is 0 Å². The Morgan fingerprint density at radius 2 is 0.686 bits per heavy atom. The van der Waals surface area contributed by atoms with E-state index in [1.165, 1.54) is 0 Å². The van der Waals surface area contributed by atoms with Gasteiger partial charge >= 0.3 is 0 Å². The largest absolute Gasteiger partial charge is 0.415 e. The Labute approximate surface area is 319 Å². The number of hydrogen-bond acceptors (Lipinski definition) is 11. The van der Waals surface area contributed by atoms with E-state index in [1.807, 2.05) is 0 Å². The van der Waals surface area contributed by atoms with Crippen molar-refractivity contribution >= 4 is 58.2 Å². The van der Waals surface area contributed by atoms with Gasteiger partial charge in [-0.25, -0.2) is 0 Å². The molecule has 2 rings (SSSR count). The quantitative estimate of drug-likeness (QED) is 0.138. The Morgan fingerprint density at radius 3 is 1.06 bits per heavy atom. The molecule has 10 atom stereocenters. The Morgan fingerprint density at radius 1 is 0.373 bits per heavy atom. The van der Waals surface area contributed by atoms with E-state index in [2.05, 4.69) is 137 Å². The summed E-state index contributed by atoms with van der Waals surface area (Å²) in [6.45, 7) is 45.9. The zero-order valence-electron chi connectivity index (χ0n) is 36.2. The molecule has 0 aliphatic carbocycles. The van der Waals surface area contributed by atoms with Crippen LogP contribution in [0.3, 0.4) is 0 Å². The van der Waals surface area contributed by atoms with Crippen LogP contribution in [0.5, 0.6) is 0 Å². The third-order valence-electron chi connectivity index (χ3n) is 7.30. The molecule has 51 heavy (non-hydrogen) atoms. The fourth-order valence-electron chi connectivity index (χ4n) is 5.84. The summed E-state index contributed by atoms with van der Waals surface area (Å²) in [7, 11) is -14.9. The molecular weight excluding hydrogens is 769 g/mol. The monoisotopic (exact) mass is 846 g/mol. The number of ether oxygens (including phenoxy) is 3. The molecular formula is C33H78O11Si7. The van der Waals surface area contributed by atoms with Crippen molar-refractivity contribution in [2.75, 3.05) is 13.2 Å². The molecule has 0 aromatic heterocycles. The molecule has 2 aliphatic heterocycles. The van der Waals surface area contributed by atoms with Gasteiger partial charge < -0.3 is 50.3 Å². The predicted octanol–water partition coefficient (Wildman–Crippen LogP) is 7.62. The van der Waals surface area contributed by atoms with E-state index in [9.17, 15) is 5.11 Å². The lowest BCUT2D eigenvalue weighted by molar-refractivity contribution is -0.346. The highest BCUT2D eigenvalue weighted by molar-refractivity contribution is 6.72. The molecule has 304 valence electrons. The summed E-state index contributed by atoms with van der Waals surface area (Å²) in [6.07, 6.45) is -6.86. The standard InChI is InChI=1S/C33H78O11Si7/c1-45(2,3)35-22-24-26(28(41-48(10,11)12)30(32(34)37-24)43-50(16,17)18)39-33-31(44-51(19,20)21)29(42-49(13,14)15)27(40-47(7,8)9)25(38-33)23-36-46(4,5)6/h24-34H,22-23H2,1-21H3/t24-,25-,26-,27-,28+,29+,30-,31-,32-,33-/m1/s1. The zero-order valence-corrected chi connectivity index (χ0v) is 43.2. The topological polar surface area (TPSA) is 113 Å². The summed E-state index contributed by atoms with van der Waals surface area (Å²) < 4.78 is 68.5. The maximum Gasteiger partial charge on any atom is 0.186 e. The number of hydrogen-bond donors (Lipinski definition) is 1. The van der Waals surface area contributed by atoms with Crippen molar-refractivity contribution in [2.45, 2.75) is 199 Å². The highest BCUT2D eigenvalue weighted by Crippen LogP contribution is 2.38. The molecule has 0 bridgehead atoms. The summed E-state index contributed by atoms with van der Waals surface area (Å²) in [5.74, 6) is 0. The van der Waals surface area contributed by atoms with Gasteiger partial charge in [-0.05, 0) is 137 Å². The van der Waals surface area contributed by atoms with E-state index in [4.69, 9.17) is 45.2 Å². The average molecular weight is 848 g/mol. The third-order valence-corrected chi connectivity index (χ3v) is 14.3. The van der Waals surface area contributed by atoms with E-state index in [-0.39, 0.29) is 6.61 Å². The number of rotatable bonds is 18. The lowest BCUT2D eigenvalue weighted by Crippen LogP contribution is -2.69. The first-order valence-electron chi connectivity index (χ1n) is 18.8. The molecule has 0 spiro atoms. The van der Waals surface area contributed by atoms with Crippen LogP contribution in [-0.2, 0) is 45.2 Å². The van der Waals surface area contributed by atoms with Gasteiger partial charge in [-0.1, -0.05) is 0 Å². The van der Waals surface area contributed by atoms with Crippen LogP contribution in [0.25, 0.3) is 0 Å². The molecule has 0 aromatic carbocycles. The van der Waals surface area contributed by atoms with E-state index in [0.717, 1.165) is 0 Å².